The van der Waals surface area contributed by atoms with Gasteiger partial charge >= 0.3 is 0 Å². The molecule has 1 aromatic carbocycles. The summed E-state index contributed by atoms with van der Waals surface area (Å²) in [5.41, 5.74) is 0.552. The zero-order valence-electron chi connectivity index (χ0n) is 18.1. The zero-order chi connectivity index (χ0) is 20.2. The van der Waals surface area contributed by atoms with Gasteiger partial charge in [-0.25, -0.2) is 4.39 Å². The van der Waals surface area contributed by atoms with Gasteiger partial charge in [-0.1, -0.05) is 77.7 Å². The predicted molar refractivity (Wildman–Crippen MR) is 114 cm³/mol. The molecule has 28 heavy (non-hydrogen) atoms. The van der Waals surface area contributed by atoms with Crippen LogP contribution in [0.2, 0.25) is 0 Å². The maximum atomic E-state index is 14.7. The van der Waals surface area contributed by atoms with Gasteiger partial charge in [0.1, 0.15) is 0 Å². The summed E-state index contributed by atoms with van der Waals surface area (Å²) in [6.45, 7) is 4.89. The number of hydrogen-bond donors (Lipinski definition) is 0. The molecule has 3 heteroatoms. The molecule has 1 aliphatic carbocycles. The second-order valence-electron chi connectivity index (χ2n) is 8.61. The molecule has 0 amide bonds. The Morgan fingerprint density at radius 3 is 2.14 bits per heavy atom. The van der Waals surface area contributed by atoms with Crippen molar-refractivity contribution in [2.45, 2.75) is 110 Å². The van der Waals surface area contributed by atoms with Gasteiger partial charge in [0.25, 0.3) is 0 Å². The van der Waals surface area contributed by atoms with E-state index in [0.717, 1.165) is 44.4 Å². The average molecular weight is 395 g/mol. The second kappa shape index (κ2) is 13.2. The van der Waals surface area contributed by atoms with E-state index in [4.69, 9.17) is 4.74 Å². The van der Waals surface area contributed by atoms with Crippen molar-refractivity contribution in [2.24, 2.45) is 5.92 Å². The van der Waals surface area contributed by atoms with Crippen LogP contribution in [0.5, 0.6) is 5.75 Å². The molecule has 160 valence electrons. The number of rotatable bonds is 13. The first kappa shape index (κ1) is 23.2. The molecular weight excluding hydrogens is 354 g/mol. The number of unbranched alkanes of at least 4 members (excludes halogenated alkanes) is 7. The Kier molecular flexibility index (Phi) is 10.9. The lowest BCUT2D eigenvalue weighted by atomic mass is 9.77. The minimum Gasteiger partial charge on any atom is -0.490 e. The van der Waals surface area contributed by atoms with E-state index in [1.807, 2.05) is 0 Å². The molecule has 1 aromatic rings. The molecule has 1 saturated carbocycles. The summed E-state index contributed by atoms with van der Waals surface area (Å²) >= 11 is 0. The molecule has 0 N–H and O–H groups in total. The lowest BCUT2D eigenvalue weighted by Gasteiger charge is -2.29. The van der Waals surface area contributed by atoms with Crippen LogP contribution in [0.1, 0.15) is 115 Å². The molecule has 0 bridgehead atoms. The molecule has 1 aliphatic rings. The number of ether oxygens (including phenoxy) is 1. The van der Waals surface area contributed by atoms with Crippen molar-refractivity contribution in [3.05, 3.63) is 29.3 Å². The highest BCUT2D eigenvalue weighted by Crippen LogP contribution is 2.40. The topological polar surface area (TPSA) is 9.23 Å². The van der Waals surface area contributed by atoms with E-state index in [2.05, 4.69) is 13.8 Å². The van der Waals surface area contributed by atoms with E-state index in [-0.39, 0.29) is 11.7 Å². The van der Waals surface area contributed by atoms with Crippen molar-refractivity contribution >= 4 is 0 Å². The molecule has 0 spiro atoms. The fraction of sp³-hybridized carbons (Fsp3) is 0.760. The van der Waals surface area contributed by atoms with Crippen molar-refractivity contribution in [3.63, 3.8) is 0 Å². The summed E-state index contributed by atoms with van der Waals surface area (Å²) < 4.78 is 34.7. The molecule has 0 aliphatic heterocycles. The standard InChI is InChI=1S/C25H40F2O/c1-3-5-7-8-9-11-19-28-23-18-17-22(24(26)25(23)27)21-15-13-20(14-16-21)12-10-6-4-2/h17-18,20-21H,3-16,19H2,1-2H3. The number of benzene rings is 1. The number of hydrogen-bond acceptors (Lipinski definition) is 1. The highest BCUT2D eigenvalue weighted by atomic mass is 19.2. The van der Waals surface area contributed by atoms with Crippen LogP contribution in [-0.2, 0) is 0 Å². The van der Waals surface area contributed by atoms with Gasteiger partial charge in [0, 0.05) is 0 Å². The monoisotopic (exact) mass is 394 g/mol. The summed E-state index contributed by atoms with van der Waals surface area (Å²) in [6, 6.07) is 3.40. The lowest BCUT2D eigenvalue weighted by molar-refractivity contribution is 0.279. The second-order valence-corrected chi connectivity index (χ2v) is 8.61. The molecule has 0 atom stereocenters. The third kappa shape index (κ3) is 7.37. The minimum absolute atomic E-state index is 0.0723. The molecule has 0 unspecified atom stereocenters. The van der Waals surface area contributed by atoms with Crippen LogP contribution in [0.3, 0.4) is 0 Å². The van der Waals surface area contributed by atoms with Crippen LogP contribution in [0, 0.1) is 17.6 Å². The molecule has 1 nitrogen and oxygen atoms in total. The third-order valence-corrected chi connectivity index (χ3v) is 6.33. The summed E-state index contributed by atoms with van der Waals surface area (Å²) in [6.07, 6.45) is 16.3. The van der Waals surface area contributed by atoms with Crippen LogP contribution < -0.4 is 4.74 Å². The van der Waals surface area contributed by atoms with E-state index in [1.54, 1.807) is 12.1 Å². The smallest absolute Gasteiger partial charge is 0.200 e. The first-order valence-corrected chi connectivity index (χ1v) is 11.8. The summed E-state index contributed by atoms with van der Waals surface area (Å²) in [5.74, 6) is -0.480. The van der Waals surface area contributed by atoms with Crippen LogP contribution >= 0.6 is 0 Å². The Bertz CT molecular complexity index is 550. The van der Waals surface area contributed by atoms with Gasteiger partial charge in [-0.3, -0.25) is 0 Å². The van der Waals surface area contributed by atoms with E-state index in [9.17, 15) is 8.78 Å². The largest absolute Gasteiger partial charge is 0.490 e. The van der Waals surface area contributed by atoms with Crippen LogP contribution in [-0.4, -0.2) is 6.61 Å². The van der Waals surface area contributed by atoms with Crippen molar-refractivity contribution < 1.29 is 13.5 Å². The van der Waals surface area contributed by atoms with Crippen LogP contribution in [0.4, 0.5) is 8.78 Å². The predicted octanol–water partition coefficient (Wildman–Crippen LogP) is 8.56. The fourth-order valence-corrected chi connectivity index (χ4v) is 4.48. The van der Waals surface area contributed by atoms with E-state index < -0.39 is 11.6 Å². The van der Waals surface area contributed by atoms with Crippen LogP contribution in [0.15, 0.2) is 12.1 Å². The van der Waals surface area contributed by atoms with Gasteiger partial charge in [0.05, 0.1) is 6.61 Å². The van der Waals surface area contributed by atoms with Gasteiger partial charge in [-0.15, -0.1) is 0 Å². The quantitative estimate of drug-likeness (QED) is 0.304. The third-order valence-electron chi connectivity index (χ3n) is 6.33. The number of halogens is 2. The highest BCUT2D eigenvalue weighted by Gasteiger charge is 2.26. The molecule has 1 fully saturated rings. The maximum absolute atomic E-state index is 14.7. The molecule has 0 aromatic heterocycles. The molecule has 0 heterocycles. The van der Waals surface area contributed by atoms with Gasteiger partial charge in [-0.05, 0) is 55.6 Å². The minimum atomic E-state index is -0.798. The summed E-state index contributed by atoms with van der Waals surface area (Å²) in [4.78, 5) is 0. The zero-order valence-corrected chi connectivity index (χ0v) is 18.1. The first-order valence-electron chi connectivity index (χ1n) is 11.8. The molecular formula is C25H40F2O. The summed E-state index contributed by atoms with van der Waals surface area (Å²) in [5, 5.41) is 0. The average Bonchev–Trinajstić information content (AvgIpc) is 2.71. The molecule has 0 saturated heterocycles. The van der Waals surface area contributed by atoms with Crippen LogP contribution in [0.25, 0.3) is 0 Å². The van der Waals surface area contributed by atoms with E-state index in [1.165, 1.54) is 51.4 Å². The van der Waals surface area contributed by atoms with Crippen molar-refractivity contribution in [3.8, 4) is 5.75 Å². The van der Waals surface area contributed by atoms with Crippen molar-refractivity contribution in [2.75, 3.05) is 6.61 Å². The summed E-state index contributed by atoms with van der Waals surface area (Å²) in [7, 11) is 0. The SMILES string of the molecule is CCCCCCCCOc1ccc(C2CCC(CCCCC)CC2)c(F)c1F. The van der Waals surface area contributed by atoms with Gasteiger partial charge in [0.15, 0.2) is 11.6 Å². The Morgan fingerprint density at radius 2 is 1.43 bits per heavy atom. The molecule has 0 radical (unpaired) electrons. The Morgan fingerprint density at radius 1 is 0.786 bits per heavy atom. The van der Waals surface area contributed by atoms with Crippen molar-refractivity contribution in [1.82, 2.24) is 0 Å². The maximum Gasteiger partial charge on any atom is 0.200 e. The van der Waals surface area contributed by atoms with Gasteiger partial charge < -0.3 is 4.74 Å². The van der Waals surface area contributed by atoms with Gasteiger partial charge in [-0.2, -0.15) is 4.39 Å². The van der Waals surface area contributed by atoms with Gasteiger partial charge in [0.2, 0.25) is 5.82 Å². The van der Waals surface area contributed by atoms with E-state index >= 15 is 0 Å². The highest BCUT2D eigenvalue weighted by molar-refractivity contribution is 5.33. The fourth-order valence-electron chi connectivity index (χ4n) is 4.48. The Labute approximate surface area is 171 Å². The lowest BCUT2D eigenvalue weighted by Crippen LogP contribution is -2.15. The van der Waals surface area contributed by atoms with E-state index in [0.29, 0.717) is 12.2 Å². The Hall–Kier alpha value is -1.12. The normalized spacial score (nSPS) is 19.7. The Balaban J connectivity index is 1.78. The van der Waals surface area contributed by atoms with Crippen molar-refractivity contribution in [1.29, 1.82) is 0 Å². The first-order chi connectivity index (χ1) is 13.7. The molecule has 2 rings (SSSR count).